The number of carbonyl (C=O) groups excluding carboxylic acids is 2. The molecular weight excluding hydrogens is 540 g/mol. The first-order valence-electron chi connectivity index (χ1n) is 10.3. The summed E-state index contributed by atoms with van der Waals surface area (Å²) in [5.41, 5.74) is 1.42. The predicted molar refractivity (Wildman–Crippen MR) is 134 cm³/mol. The number of hydrogen-bond acceptors (Lipinski definition) is 5. The topological polar surface area (TPSA) is 96.0 Å². The van der Waals surface area contributed by atoms with E-state index >= 15 is 0 Å². The number of anilines is 2. The minimum Gasteiger partial charge on any atom is -0.326 e. The molecule has 0 saturated carbocycles. The highest BCUT2D eigenvalue weighted by atomic mass is 79.9. The van der Waals surface area contributed by atoms with Gasteiger partial charge in [-0.05, 0) is 29.8 Å². The summed E-state index contributed by atoms with van der Waals surface area (Å²) in [5.74, 6) is -2.23. The maximum Gasteiger partial charge on any atom is 0.319 e. The Kier molecular flexibility index (Phi) is 7.78. The molecule has 3 amide bonds. The van der Waals surface area contributed by atoms with Gasteiger partial charge in [0.1, 0.15) is 22.7 Å². The molecule has 4 aromatic rings. The summed E-state index contributed by atoms with van der Waals surface area (Å²) in [7, 11) is 0. The first-order valence-corrected chi connectivity index (χ1v) is 11.9. The number of nitrogens with one attached hydrogen (secondary N) is 3. The van der Waals surface area contributed by atoms with Crippen molar-refractivity contribution in [3.8, 4) is 10.6 Å². The normalized spacial score (nSPS) is 11.5. The van der Waals surface area contributed by atoms with Crippen LogP contribution in [0.25, 0.3) is 10.6 Å². The van der Waals surface area contributed by atoms with E-state index in [0.717, 1.165) is 27.7 Å². The molecule has 0 spiro atoms. The second-order valence-corrected chi connectivity index (χ2v) is 9.27. The van der Waals surface area contributed by atoms with Crippen molar-refractivity contribution in [2.45, 2.75) is 12.5 Å². The number of nitrogens with zero attached hydrogens (tertiary/aromatic N) is 2. The highest BCUT2D eigenvalue weighted by Crippen LogP contribution is 2.27. The van der Waals surface area contributed by atoms with Gasteiger partial charge in [0.2, 0.25) is 11.0 Å². The standard InChI is InChI=1S/C24H18BrF2N5O2S/c25-16-8-6-15(7-9-16)22-31-32-24(35-22)30-21(33)20(12-14-4-2-1-3-5-14)29-23(34)28-19-11-10-17(26)13-18(19)27/h1-11,13,20H,12H2,(H2,28,29,34)(H,30,32,33). The number of benzene rings is 3. The average Bonchev–Trinajstić information content (AvgIpc) is 3.30. The molecule has 0 aliphatic rings. The molecule has 35 heavy (non-hydrogen) atoms. The second kappa shape index (κ2) is 11.2. The molecular formula is C24H18BrF2N5O2S. The molecule has 0 bridgehead atoms. The van der Waals surface area contributed by atoms with Gasteiger partial charge in [-0.15, -0.1) is 10.2 Å². The molecule has 0 aliphatic heterocycles. The van der Waals surface area contributed by atoms with Gasteiger partial charge in [0.05, 0.1) is 5.69 Å². The summed E-state index contributed by atoms with van der Waals surface area (Å²) in [6, 6.07) is 17.5. The van der Waals surface area contributed by atoms with Crippen molar-refractivity contribution in [3.63, 3.8) is 0 Å². The number of urea groups is 1. The number of halogens is 3. The summed E-state index contributed by atoms with van der Waals surface area (Å²) < 4.78 is 28.0. The van der Waals surface area contributed by atoms with Crippen molar-refractivity contribution in [3.05, 3.63) is 94.5 Å². The fraction of sp³-hybridized carbons (Fsp3) is 0.0833. The monoisotopic (exact) mass is 557 g/mol. The summed E-state index contributed by atoms with van der Waals surface area (Å²) in [6.07, 6.45) is 0.171. The molecule has 1 aromatic heterocycles. The lowest BCUT2D eigenvalue weighted by Crippen LogP contribution is -2.47. The SMILES string of the molecule is O=C(Nc1ccc(F)cc1F)NC(Cc1ccccc1)C(=O)Nc1nnc(-c2ccc(Br)cc2)s1. The maximum absolute atomic E-state index is 13.9. The number of aromatic nitrogens is 2. The van der Waals surface area contributed by atoms with Gasteiger partial charge in [0.15, 0.2) is 0 Å². The lowest BCUT2D eigenvalue weighted by atomic mass is 10.1. The molecule has 1 unspecified atom stereocenters. The highest BCUT2D eigenvalue weighted by Gasteiger charge is 2.23. The largest absolute Gasteiger partial charge is 0.326 e. The third kappa shape index (κ3) is 6.67. The van der Waals surface area contributed by atoms with Crippen molar-refractivity contribution < 1.29 is 18.4 Å². The van der Waals surface area contributed by atoms with Crippen LogP contribution in [-0.2, 0) is 11.2 Å². The van der Waals surface area contributed by atoms with Crippen LogP contribution in [0, 0.1) is 11.6 Å². The van der Waals surface area contributed by atoms with Crippen LogP contribution in [0.1, 0.15) is 5.56 Å². The van der Waals surface area contributed by atoms with Crippen molar-refractivity contribution in [2.75, 3.05) is 10.6 Å². The first-order chi connectivity index (χ1) is 16.9. The lowest BCUT2D eigenvalue weighted by Gasteiger charge is -2.18. The van der Waals surface area contributed by atoms with E-state index in [-0.39, 0.29) is 17.2 Å². The van der Waals surface area contributed by atoms with E-state index in [2.05, 4.69) is 42.1 Å². The molecule has 3 aromatic carbocycles. The van der Waals surface area contributed by atoms with E-state index in [4.69, 9.17) is 0 Å². The minimum absolute atomic E-state index is 0.171. The molecule has 11 heteroatoms. The van der Waals surface area contributed by atoms with Gasteiger partial charge in [0.25, 0.3) is 0 Å². The van der Waals surface area contributed by atoms with Crippen LogP contribution in [0.3, 0.4) is 0 Å². The Balaban J connectivity index is 1.48. The summed E-state index contributed by atoms with van der Waals surface area (Å²) in [4.78, 5) is 25.6. The third-order valence-corrected chi connectivity index (χ3v) is 6.25. The molecule has 4 rings (SSSR count). The number of hydrogen-bond donors (Lipinski definition) is 3. The Bertz CT molecular complexity index is 1340. The van der Waals surface area contributed by atoms with Crippen molar-refractivity contribution in [1.29, 1.82) is 0 Å². The zero-order valence-electron chi connectivity index (χ0n) is 18.0. The van der Waals surface area contributed by atoms with Crippen LogP contribution < -0.4 is 16.0 Å². The van der Waals surface area contributed by atoms with E-state index in [1.54, 1.807) is 0 Å². The zero-order chi connectivity index (χ0) is 24.8. The van der Waals surface area contributed by atoms with Crippen molar-refractivity contribution >= 4 is 50.0 Å². The molecule has 0 aliphatic carbocycles. The number of amides is 3. The van der Waals surface area contributed by atoms with Gasteiger partial charge in [0, 0.05) is 22.5 Å². The van der Waals surface area contributed by atoms with E-state index in [1.807, 2.05) is 54.6 Å². The Morgan fingerprint density at radius 1 is 0.943 bits per heavy atom. The maximum atomic E-state index is 13.9. The second-order valence-electron chi connectivity index (χ2n) is 7.37. The molecule has 3 N–H and O–H groups in total. The quantitative estimate of drug-likeness (QED) is 0.275. The number of rotatable bonds is 7. The van der Waals surface area contributed by atoms with Gasteiger partial charge >= 0.3 is 6.03 Å². The Morgan fingerprint density at radius 2 is 1.69 bits per heavy atom. The minimum atomic E-state index is -1.01. The van der Waals surface area contributed by atoms with Gasteiger partial charge in [-0.25, -0.2) is 13.6 Å². The van der Waals surface area contributed by atoms with Crippen LogP contribution in [0.4, 0.5) is 24.4 Å². The summed E-state index contributed by atoms with van der Waals surface area (Å²) >= 11 is 4.57. The van der Waals surface area contributed by atoms with Crippen molar-refractivity contribution in [2.24, 2.45) is 0 Å². The first kappa shape index (κ1) is 24.4. The molecule has 1 heterocycles. The van der Waals surface area contributed by atoms with Crippen LogP contribution in [-0.4, -0.2) is 28.2 Å². The molecule has 1 atom stereocenters. The Labute approximate surface area is 211 Å². The van der Waals surface area contributed by atoms with E-state index in [0.29, 0.717) is 11.1 Å². The predicted octanol–water partition coefficient (Wildman–Crippen LogP) is 5.62. The van der Waals surface area contributed by atoms with E-state index < -0.39 is 29.6 Å². The van der Waals surface area contributed by atoms with Crippen LogP contribution in [0.15, 0.2) is 77.3 Å². The molecule has 7 nitrogen and oxygen atoms in total. The Hall–Kier alpha value is -3.70. The van der Waals surface area contributed by atoms with Crippen LogP contribution in [0.2, 0.25) is 0 Å². The fourth-order valence-electron chi connectivity index (χ4n) is 3.14. The molecule has 0 radical (unpaired) electrons. The zero-order valence-corrected chi connectivity index (χ0v) is 20.4. The van der Waals surface area contributed by atoms with Crippen LogP contribution >= 0.6 is 27.3 Å². The highest BCUT2D eigenvalue weighted by molar-refractivity contribution is 9.10. The molecule has 0 fully saturated rings. The van der Waals surface area contributed by atoms with E-state index in [9.17, 15) is 18.4 Å². The third-order valence-electron chi connectivity index (χ3n) is 4.83. The van der Waals surface area contributed by atoms with Gasteiger partial charge in [-0.1, -0.05) is 69.7 Å². The van der Waals surface area contributed by atoms with Gasteiger partial charge in [-0.3, -0.25) is 10.1 Å². The summed E-state index contributed by atoms with van der Waals surface area (Å²) in [5, 5.41) is 16.5. The smallest absolute Gasteiger partial charge is 0.319 e. The summed E-state index contributed by atoms with van der Waals surface area (Å²) in [6.45, 7) is 0. The van der Waals surface area contributed by atoms with Crippen LogP contribution in [0.5, 0.6) is 0 Å². The average molecular weight is 558 g/mol. The number of carbonyl (C=O) groups is 2. The van der Waals surface area contributed by atoms with Gasteiger partial charge < -0.3 is 10.6 Å². The molecule has 178 valence electrons. The van der Waals surface area contributed by atoms with Crippen molar-refractivity contribution in [1.82, 2.24) is 15.5 Å². The van der Waals surface area contributed by atoms with Gasteiger partial charge in [-0.2, -0.15) is 0 Å². The Morgan fingerprint density at radius 3 is 2.40 bits per heavy atom. The fourth-order valence-corrected chi connectivity index (χ4v) is 4.16. The lowest BCUT2D eigenvalue weighted by molar-refractivity contribution is -0.117. The van der Waals surface area contributed by atoms with E-state index in [1.165, 1.54) is 11.3 Å². The molecule has 0 saturated heterocycles.